The molecule has 0 bridgehead atoms. The molecule has 8 nitrogen and oxygen atoms in total. The summed E-state index contributed by atoms with van der Waals surface area (Å²) >= 11 is 0. The van der Waals surface area contributed by atoms with Gasteiger partial charge in [-0.05, 0) is 6.42 Å². The molecule has 2 atom stereocenters. The predicted molar refractivity (Wildman–Crippen MR) is 176 cm³/mol. The molecule has 258 valence electrons. The number of quaternary nitrogens is 1. The maximum atomic E-state index is 11.9. The van der Waals surface area contributed by atoms with E-state index < -0.39 is 39.2 Å². The highest BCUT2D eigenvalue weighted by Gasteiger charge is 2.16. The highest BCUT2D eigenvalue weighted by atomic mass is 31.2. The molecule has 9 heteroatoms. The third kappa shape index (κ3) is 34.2. The molecule has 0 radical (unpaired) electrons. The van der Waals surface area contributed by atoms with Crippen LogP contribution < -0.4 is 4.89 Å². The van der Waals surface area contributed by atoms with Crippen LogP contribution in [0.2, 0.25) is 0 Å². The van der Waals surface area contributed by atoms with Crippen molar-refractivity contribution in [2.45, 2.75) is 167 Å². The fourth-order valence-corrected chi connectivity index (χ4v) is 5.28. The first-order valence-electron chi connectivity index (χ1n) is 19.3. The summed E-state index contributed by atoms with van der Waals surface area (Å²) in [6, 6.07) is 0. The second kappa shape index (κ2) is 28.9. The van der Waals surface area contributed by atoms with E-state index in [4.69, 9.17) is 14.7 Å². The lowest BCUT2D eigenvalue weighted by atomic mass is 10.0. The van der Waals surface area contributed by atoms with E-state index in [0.717, 1.165) is 57.8 Å². The number of nitrogens with zero attached hydrogens (tertiary/aromatic N) is 1. The summed E-state index contributed by atoms with van der Waals surface area (Å²) in [5.74, 6) is -0.453. The number of likely N-dealkylation sites (N-methyl/N-ethyl adjacent to an activating group) is 1. The van der Waals surface area contributed by atoms with Crippen molar-refractivity contribution >= 4 is 13.8 Å². The van der Waals surface area contributed by atoms with Crippen LogP contribution in [0.4, 0.5) is 0 Å². The second-order valence-corrected chi connectivity index (χ2v) is 14.3. The number of aliphatic hydroxyl groups is 1. The van der Waals surface area contributed by atoms with Gasteiger partial charge in [-0.1, -0.05) is 148 Å². The molecule has 0 amide bonds. The first-order chi connectivity index (χ1) is 22.0. The van der Waals surface area contributed by atoms with Gasteiger partial charge in [0.2, 0.25) is 0 Å². The largest absolute Gasteiger partial charge is 0.756 e. The molecule has 0 rings (SSSR count). The highest BCUT2D eigenvalue weighted by Crippen LogP contribution is 2.38. The fourth-order valence-electron chi connectivity index (χ4n) is 4.55. The van der Waals surface area contributed by atoms with Gasteiger partial charge in [-0.3, -0.25) is 9.36 Å². The van der Waals surface area contributed by atoms with Crippen molar-refractivity contribution in [3.05, 3.63) is 0 Å². The number of carbonyl (C=O) groups excluding carboxylic acids is 1. The smallest absolute Gasteiger partial charge is 0.305 e. The van der Waals surface area contributed by atoms with Gasteiger partial charge in [0, 0.05) is 11.9 Å². The number of esters is 1. The van der Waals surface area contributed by atoms with Crippen LogP contribution in [0, 0.1) is 0 Å². The summed E-state index contributed by atoms with van der Waals surface area (Å²) in [4.78, 5) is 23.7. The van der Waals surface area contributed by atoms with Gasteiger partial charge in [0.1, 0.15) is 25.9 Å². The van der Waals surface area contributed by atoms with Gasteiger partial charge in [0.05, 0.1) is 27.7 Å². The third-order valence-electron chi connectivity index (χ3n) is 7.34. The van der Waals surface area contributed by atoms with Gasteiger partial charge in [-0.25, -0.2) is 0 Å². The summed E-state index contributed by atoms with van der Waals surface area (Å²) < 4.78 is 60.1. The number of carbonyl (C=O) groups is 1. The van der Waals surface area contributed by atoms with Crippen LogP contribution in [0.5, 0.6) is 0 Å². The van der Waals surface area contributed by atoms with Gasteiger partial charge in [0.15, 0.2) is 0 Å². The molecule has 0 aromatic carbocycles. The van der Waals surface area contributed by atoms with Crippen LogP contribution in [0.3, 0.4) is 0 Å². The Morgan fingerprint density at radius 2 is 1.14 bits per heavy atom. The predicted octanol–water partition coefficient (Wildman–Crippen LogP) is 8.48. The Labute approximate surface area is 271 Å². The van der Waals surface area contributed by atoms with Crippen molar-refractivity contribution in [2.24, 2.45) is 0 Å². The molecule has 0 heterocycles. The van der Waals surface area contributed by atoms with Crippen molar-refractivity contribution in [1.82, 2.24) is 0 Å². The zero-order valence-corrected chi connectivity index (χ0v) is 29.1. The fraction of sp³-hybridized carbons (Fsp3) is 0.971. The molecule has 1 N–H and O–H groups in total. The van der Waals surface area contributed by atoms with Crippen LogP contribution in [0.1, 0.15) is 166 Å². The summed E-state index contributed by atoms with van der Waals surface area (Å²) in [5.41, 5.74) is 0. The Morgan fingerprint density at radius 3 is 1.58 bits per heavy atom. The van der Waals surface area contributed by atoms with E-state index in [1.165, 1.54) is 51.4 Å². The number of ether oxygens (including phenoxy) is 1. The Bertz CT molecular complexity index is 831. The lowest BCUT2D eigenvalue weighted by Gasteiger charge is -2.27. The van der Waals surface area contributed by atoms with E-state index in [1.807, 2.05) is 21.1 Å². The van der Waals surface area contributed by atoms with Gasteiger partial charge < -0.3 is 28.3 Å². The van der Waals surface area contributed by atoms with E-state index in [-0.39, 0.29) is 32.5 Å². The topological polar surface area (TPSA) is 105 Å². The number of hydrogen-bond acceptors (Lipinski definition) is 7. The lowest BCUT2D eigenvalue weighted by Crippen LogP contribution is -2.37. The van der Waals surface area contributed by atoms with Crippen molar-refractivity contribution in [3.8, 4) is 0 Å². The molecule has 0 fully saturated rings. The number of unbranched alkanes of at least 4 members (excludes halogenated alkanes) is 17. The molecular weight excluding hydrogens is 565 g/mol. The van der Waals surface area contributed by atoms with Crippen molar-refractivity contribution in [2.75, 3.05) is 47.5 Å². The maximum absolute atomic E-state index is 11.9. The molecule has 43 heavy (non-hydrogen) atoms. The Hall–Kier alpha value is -0.500. The van der Waals surface area contributed by atoms with E-state index in [9.17, 15) is 19.4 Å². The number of rotatable bonds is 33. The van der Waals surface area contributed by atoms with Gasteiger partial charge in [0.25, 0.3) is 7.82 Å². The Morgan fingerprint density at radius 1 is 0.721 bits per heavy atom. The van der Waals surface area contributed by atoms with Gasteiger partial charge in [-0.2, -0.15) is 0 Å². The SMILES string of the molecule is [2H]C([2H])(CCCCCCCCCCCCC)C([2H])([2H])CCCCCCCCCCC(=O)OC[C@@H](O)COP(=O)([O-])OCC[N+](C)(C)C. The van der Waals surface area contributed by atoms with E-state index >= 15 is 0 Å². The number of hydrogen-bond donors (Lipinski definition) is 1. The van der Waals surface area contributed by atoms with Crippen LogP contribution in [0.15, 0.2) is 0 Å². The molecular formula is C34H70NO7P. The van der Waals surface area contributed by atoms with Crippen LogP contribution in [-0.4, -0.2) is 69.2 Å². The molecule has 0 aromatic rings. The molecule has 0 saturated heterocycles. The number of phosphoric acid groups is 1. The molecule has 0 spiro atoms. The van der Waals surface area contributed by atoms with Crippen LogP contribution in [-0.2, 0) is 23.1 Å². The summed E-state index contributed by atoms with van der Waals surface area (Å²) in [5, 5.41) is 9.87. The molecule has 0 aliphatic heterocycles. The van der Waals surface area contributed by atoms with Crippen molar-refractivity contribution in [1.29, 1.82) is 0 Å². The number of phosphoric ester groups is 1. The van der Waals surface area contributed by atoms with E-state index in [0.29, 0.717) is 23.9 Å². The van der Waals surface area contributed by atoms with Crippen LogP contribution in [0.25, 0.3) is 0 Å². The van der Waals surface area contributed by atoms with Crippen LogP contribution >= 0.6 is 7.82 Å². The highest BCUT2D eigenvalue weighted by molar-refractivity contribution is 7.45. The van der Waals surface area contributed by atoms with Gasteiger partial charge >= 0.3 is 5.97 Å². The normalized spacial score (nSPS) is 16.1. The third-order valence-corrected chi connectivity index (χ3v) is 8.30. The molecule has 0 aliphatic rings. The first kappa shape index (κ1) is 35.4. The minimum atomic E-state index is -4.54. The standard InChI is InChI=1S/C34H70NO7P/c1-5-6-7-8-9-10-11-12-13-14-15-16-17-18-19-20-21-22-23-24-25-26-27-28-34(37)40-31-33(36)32-42-43(38,39)41-30-29-35(2,3)4/h33,36H,5-32H2,1-4H3/t33-/m1/s1/i17D2,18D2. The Kier molecular flexibility index (Phi) is 23.8. The minimum absolute atomic E-state index is 0.0342. The van der Waals surface area contributed by atoms with Crippen molar-refractivity contribution < 1.29 is 43.1 Å². The zero-order valence-electron chi connectivity index (χ0n) is 32.3. The number of aliphatic hydroxyl groups excluding tert-OH is 1. The van der Waals surface area contributed by atoms with Gasteiger partial charge in [-0.15, -0.1) is 0 Å². The van der Waals surface area contributed by atoms with Crippen molar-refractivity contribution in [3.63, 3.8) is 0 Å². The Balaban J connectivity index is 3.79. The quantitative estimate of drug-likeness (QED) is 0.0332. The van der Waals surface area contributed by atoms with E-state index in [2.05, 4.69) is 11.4 Å². The monoisotopic (exact) mass is 640 g/mol. The molecule has 1 unspecified atom stereocenters. The molecule has 0 aliphatic carbocycles. The average Bonchev–Trinajstić information content (AvgIpc) is 2.97. The summed E-state index contributed by atoms with van der Waals surface area (Å²) in [7, 11) is 1.16. The average molecular weight is 640 g/mol. The maximum Gasteiger partial charge on any atom is 0.305 e. The second-order valence-electron chi connectivity index (χ2n) is 12.9. The van der Waals surface area contributed by atoms with E-state index in [1.54, 1.807) is 0 Å². The minimum Gasteiger partial charge on any atom is -0.756 e. The zero-order chi connectivity index (χ0) is 35.7. The molecule has 0 saturated carbocycles. The summed E-state index contributed by atoms with van der Waals surface area (Å²) in [6.45, 7) is 1.77. The first-order valence-corrected chi connectivity index (χ1v) is 18.7. The lowest BCUT2D eigenvalue weighted by molar-refractivity contribution is -0.870. The molecule has 0 aromatic heterocycles. The summed E-state index contributed by atoms with van der Waals surface area (Å²) in [6.07, 6.45) is 16.2.